The molecule has 0 radical (unpaired) electrons. The Kier molecular flexibility index (Phi) is 3.60. The van der Waals surface area contributed by atoms with Crippen molar-refractivity contribution in [2.75, 3.05) is 0 Å². The Morgan fingerprint density at radius 2 is 1.79 bits per heavy atom. The second-order valence-corrected chi connectivity index (χ2v) is 5.33. The van der Waals surface area contributed by atoms with Crippen molar-refractivity contribution in [3.8, 4) is 0 Å². The van der Waals surface area contributed by atoms with Crippen LogP contribution in [0, 0.1) is 6.92 Å². The van der Waals surface area contributed by atoms with Crippen molar-refractivity contribution >= 4 is 0 Å². The number of benzene rings is 1. The van der Waals surface area contributed by atoms with E-state index in [2.05, 4.69) is 0 Å². The molecule has 1 aromatic carbocycles. The molecule has 0 atom stereocenters. The number of hydrogen-bond acceptors (Lipinski definition) is 1. The summed E-state index contributed by atoms with van der Waals surface area (Å²) in [6.07, 6.45) is -2.70. The molecule has 0 unspecified atom stereocenters. The van der Waals surface area contributed by atoms with Crippen LogP contribution in [0.25, 0.3) is 0 Å². The van der Waals surface area contributed by atoms with Crippen LogP contribution < -0.4 is 5.73 Å². The first kappa shape index (κ1) is 14.3. The van der Waals surface area contributed by atoms with Gasteiger partial charge in [-0.15, -0.1) is 0 Å². The van der Waals surface area contributed by atoms with Gasteiger partial charge in [0.15, 0.2) is 0 Å². The summed E-state index contributed by atoms with van der Waals surface area (Å²) in [6.45, 7) is 1.53. The van der Waals surface area contributed by atoms with E-state index in [1.54, 1.807) is 0 Å². The van der Waals surface area contributed by atoms with Crippen LogP contribution in [0.1, 0.15) is 42.4 Å². The summed E-state index contributed by atoms with van der Waals surface area (Å²) in [5, 5.41) is 0. The Labute approximate surface area is 109 Å². The zero-order valence-electron chi connectivity index (χ0n) is 10.7. The predicted molar refractivity (Wildman–Crippen MR) is 65.4 cm³/mol. The summed E-state index contributed by atoms with van der Waals surface area (Å²) in [5.74, 6) is 0. The molecule has 5 heteroatoms. The van der Waals surface area contributed by atoms with E-state index in [0.29, 0.717) is 24.0 Å². The number of halogens is 4. The minimum Gasteiger partial charge on any atom is -0.328 e. The number of nitrogens with two attached hydrogens (primary N) is 1. The second kappa shape index (κ2) is 4.78. The van der Waals surface area contributed by atoms with Gasteiger partial charge in [-0.1, -0.05) is 6.07 Å². The van der Waals surface area contributed by atoms with E-state index in [-0.39, 0.29) is 18.9 Å². The van der Waals surface area contributed by atoms with Gasteiger partial charge in [0, 0.05) is 6.04 Å². The lowest BCUT2D eigenvalue weighted by Crippen LogP contribution is -2.34. The van der Waals surface area contributed by atoms with Crippen LogP contribution in [0.15, 0.2) is 18.2 Å². The normalized spacial score (nSPS) is 28.4. The first-order valence-corrected chi connectivity index (χ1v) is 6.35. The fourth-order valence-electron chi connectivity index (χ4n) is 2.71. The van der Waals surface area contributed by atoms with E-state index in [9.17, 15) is 17.6 Å². The van der Waals surface area contributed by atoms with Crippen LogP contribution in [0.4, 0.5) is 17.6 Å². The Morgan fingerprint density at radius 3 is 2.26 bits per heavy atom. The molecule has 1 aromatic rings. The van der Waals surface area contributed by atoms with Crippen LogP contribution in [-0.4, -0.2) is 6.04 Å². The predicted octanol–water partition coefficient (Wildman–Crippen LogP) is 4.08. The zero-order chi connectivity index (χ0) is 14.3. The summed E-state index contributed by atoms with van der Waals surface area (Å²) in [4.78, 5) is 0. The first-order chi connectivity index (χ1) is 8.72. The molecule has 0 bridgehead atoms. The molecule has 1 aliphatic rings. The molecule has 2 N–H and O–H groups in total. The van der Waals surface area contributed by atoms with Crippen molar-refractivity contribution in [1.29, 1.82) is 0 Å². The van der Waals surface area contributed by atoms with E-state index < -0.39 is 17.4 Å². The molecule has 0 heterocycles. The molecule has 106 valence electrons. The molecule has 1 fully saturated rings. The highest BCUT2D eigenvalue weighted by Gasteiger charge is 2.38. The lowest BCUT2D eigenvalue weighted by atomic mass is 9.77. The topological polar surface area (TPSA) is 26.0 Å². The maximum Gasteiger partial charge on any atom is 0.416 e. The average molecular weight is 275 g/mol. The molecule has 0 spiro atoms. The summed E-state index contributed by atoms with van der Waals surface area (Å²) >= 11 is 0. The van der Waals surface area contributed by atoms with Gasteiger partial charge in [0.1, 0.15) is 5.67 Å². The number of aryl methyl sites for hydroxylation is 1. The lowest BCUT2D eigenvalue weighted by Gasteiger charge is -2.34. The van der Waals surface area contributed by atoms with Crippen molar-refractivity contribution in [2.24, 2.45) is 5.73 Å². The summed E-state index contributed by atoms with van der Waals surface area (Å²) in [6, 6.07) is 3.25. The van der Waals surface area contributed by atoms with Crippen LogP contribution in [0.3, 0.4) is 0 Å². The maximum absolute atomic E-state index is 14.8. The molecule has 0 saturated heterocycles. The SMILES string of the molecule is Cc1cc(C(F)(F)F)ccc1C1(F)CCC(N)CC1. The largest absolute Gasteiger partial charge is 0.416 e. The lowest BCUT2D eigenvalue weighted by molar-refractivity contribution is -0.137. The highest BCUT2D eigenvalue weighted by atomic mass is 19.4. The molecule has 19 heavy (non-hydrogen) atoms. The number of rotatable bonds is 1. The Hall–Kier alpha value is -1.10. The Morgan fingerprint density at radius 1 is 1.21 bits per heavy atom. The fourth-order valence-corrected chi connectivity index (χ4v) is 2.71. The first-order valence-electron chi connectivity index (χ1n) is 6.35. The minimum atomic E-state index is -4.39. The molecular weight excluding hydrogens is 258 g/mol. The fraction of sp³-hybridized carbons (Fsp3) is 0.571. The van der Waals surface area contributed by atoms with Crippen molar-refractivity contribution in [1.82, 2.24) is 0 Å². The van der Waals surface area contributed by atoms with Crippen molar-refractivity contribution in [3.05, 3.63) is 34.9 Å². The van der Waals surface area contributed by atoms with Gasteiger partial charge < -0.3 is 5.73 Å². The van der Waals surface area contributed by atoms with Crippen molar-refractivity contribution < 1.29 is 17.6 Å². The van der Waals surface area contributed by atoms with Crippen LogP contribution in [0.2, 0.25) is 0 Å². The van der Waals surface area contributed by atoms with E-state index in [4.69, 9.17) is 5.73 Å². The Bertz CT molecular complexity index is 459. The van der Waals surface area contributed by atoms with Crippen LogP contribution in [0.5, 0.6) is 0 Å². The molecule has 2 rings (SSSR count). The van der Waals surface area contributed by atoms with E-state index in [1.165, 1.54) is 13.0 Å². The Balaban J connectivity index is 2.31. The average Bonchev–Trinajstić information content (AvgIpc) is 2.32. The van der Waals surface area contributed by atoms with Crippen LogP contribution in [-0.2, 0) is 11.8 Å². The highest BCUT2D eigenvalue weighted by molar-refractivity contribution is 5.36. The smallest absolute Gasteiger partial charge is 0.328 e. The van der Waals surface area contributed by atoms with Gasteiger partial charge in [-0.3, -0.25) is 0 Å². The highest BCUT2D eigenvalue weighted by Crippen LogP contribution is 2.42. The number of hydrogen-bond donors (Lipinski definition) is 1. The third kappa shape index (κ3) is 2.91. The monoisotopic (exact) mass is 275 g/mol. The molecular formula is C14H17F4N. The van der Waals surface area contributed by atoms with Crippen molar-refractivity contribution in [3.63, 3.8) is 0 Å². The molecule has 1 aliphatic carbocycles. The summed E-state index contributed by atoms with van der Waals surface area (Å²) in [5.41, 5.74) is 4.19. The molecule has 0 aliphatic heterocycles. The van der Waals surface area contributed by atoms with Crippen molar-refractivity contribution in [2.45, 2.75) is 50.5 Å². The molecule has 0 amide bonds. The van der Waals surface area contributed by atoms with E-state index in [1.807, 2.05) is 0 Å². The summed E-state index contributed by atoms with van der Waals surface area (Å²) < 4.78 is 52.6. The third-order valence-corrected chi connectivity index (χ3v) is 3.86. The van der Waals surface area contributed by atoms with Gasteiger partial charge in [-0.05, 0) is 55.9 Å². The van der Waals surface area contributed by atoms with Gasteiger partial charge in [0.2, 0.25) is 0 Å². The standard InChI is InChI=1S/C14H17F4N/c1-9-8-10(14(16,17)18)2-3-12(9)13(15)6-4-11(19)5-7-13/h2-3,8,11H,4-7,19H2,1H3. The minimum absolute atomic E-state index is 0.00127. The van der Waals surface area contributed by atoms with E-state index >= 15 is 0 Å². The summed E-state index contributed by atoms with van der Waals surface area (Å²) in [7, 11) is 0. The van der Waals surface area contributed by atoms with Gasteiger partial charge in [0.05, 0.1) is 5.56 Å². The molecule has 1 nitrogen and oxygen atoms in total. The third-order valence-electron chi connectivity index (χ3n) is 3.86. The number of alkyl halides is 4. The van der Waals surface area contributed by atoms with Gasteiger partial charge in [-0.25, -0.2) is 4.39 Å². The van der Waals surface area contributed by atoms with Gasteiger partial charge in [0.25, 0.3) is 0 Å². The molecule has 1 saturated carbocycles. The van der Waals surface area contributed by atoms with Gasteiger partial charge >= 0.3 is 6.18 Å². The van der Waals surface area contributed by atoms with Gasteiger partial charge in [-0.2, -0.15) is 13.2 Å². The van der Waals surface area contributed by atoms with Crippen LogP contribution >= 0.6 is 0 Å². The quantitative estimate of drug-likeness (QED) is 0.768. The molecule has 0 aromatic heterocycles. The second-order valence-electron chi connectivity index (χ2n) is 5.33. The van der Waals surface area contributed by atoms with E-state index in [0.717, 1.165) is 12.1 Å². The maximum atomic E-state index is 14.8. The zero-order valence-corrected chi connectivity index (χ0v) is 10.7.